The van der Waals surface area contributed by atoms with E-state index in [1.54, 1.807) is 6.20 Å². The van der Waals surface area contributed by atoms with Gasteiger partial charge in [0.25, 0.3) is 0 Å². The molecule has 4 nitrogen and oxygen atoms in total. The molecule has 2 N–H and O–H groups in total. The number of carbonyl (C=O) groups is 1. The van der Waals surface area contributed by atoms with Crippen LogP contribution in [0.5, 0.6) is 0 Å². The molecule has 88 valence electrons. The van der Waals surface area contributed by atoms with Gasteiger partial charge < -0.3 is 5.73 Å². The highest BCUT2D eigenvalue weighted by atomic mass is 79.9. The Hall–Kier alpha value is -1.27. The number of nitrogens with zero attached hydrogens (tertiary/aromatic N) is 2. The minimum atomic E-state index is -0.347. The number of aromatic nitrogens is 2. The van der Waals surface area contributed by atoms with E-state index < -0.39 is 0 Å². The van der Waals surface area contributed by atoms with Crippen molar-refractivity contribution in [3.63, 3.8) is 0 Å². The Kier molecular flexibility index (Phi) is 3.86. The number of hydrogen-bond acceptors (Lipinski definition) is 3. The van der Waals surface area contributed by atoms with Crippen LogP contribution in [-0.4, -0.2) is 21.2 Å². The summed E-state index contributed by atoms with van der Waals surface area (Å²) in [5, 5.41) is 0.756. The molecule has 2 rings (SSSR count). The summed E-state index contributed by atoms with van der Waals surface area (Å²) in [5.74, 6) is -0.117. The summed E-state index contributed by atoms with van der Waals surface area (Å²) in [6, 6.07) is 7.86. The maximum atomic E-state index is 10.7. The number of primary amides is 1. The summed E-state index contributed by atoms with van der Waals surface area (Å²) in [4.78, 5) is 14.9. The van der Waals surface area contributed by atoms with Crippen molar-refractivity contribution in [3.05, 3.63) is 41.1 Å². The fraction of sp³-hybridized carbons (Fsp3) is 0.0909. The molecule has 0 aliphatic rings. The molecule has 0 atom stereocenters. The summed E-state index contributed by atoms with van der Waals surface area (Å²) in [6.07, 6.45) is 3.55. The van der Waals surface area contributed by atoms with E-state index in [4.69, 9.17) is 5.73 Å². The second-order valence-electron chi connectivity index (χ2n) is 3.31. The number of carbonyl (C=O) groups excluding carboxylic acids is 1. The van der Waals surface area contributed by atoms with Crippen LogP contribution in [0, 0.1) is 0 Å². The Morgan fingerprint density at radius 3 is 2.76 bits per heavy atom. The molecule has 0 saturated heterocycles. The molecule has 1 heterocycles. The summed E-state index contributed by atoms with van der Waals surface area (Å²) >= 11 is 4.71. The van der Waals surface area contributed by atoms with Gasteiger partial charge in [-0.05, 0) is 24.3 Å². The largest absolute Gasteiger partial charge is 0.369 e. The van der Waals surface area contributed by atoms with Crippen molar-refractivity contribution >= 4 is 33.6 Å². The van der Waals surface area contributed by atoms with Crippen LogP contribution < -0.4 is 5.73 Å². The molecule has 0 aliphatic heterocycles. The molecular formula is C11H10BrN3OS. The molecule has 6 heteroatoms. The van der Waals surface area contributed by atoms with Gasteiger partial charge in [-0.3, -0.25) is 9.36 Å². The Morgan fingerprint density at radius 1 is 1.41 bits per heavy atom. The van der Waals surface area contributed by atoms with Gasteiger partial charge in [0.1, 0.15) is 0 Å². The Bertz CT molecular complexity index is 524. The lowest BCUT2D eigenvalue weighted by atomic mass is 10.3. The minimum Gasteiger partial charge on any atom is -0.369 e. The lowest BCUT2D eigenvalue weighted by Crippen LogP contribution is -2.13. The molecule has 0 fully saturated rings. The van der Waals surface area contributed by atoms with E-state index in [1.807, 2.05) is 35.0 Å². The van der Waals surface area contributed by atoms with Gasteiger partial charge in [-0.15, -0.1) is 0 Å². The van der Waals surface area contributed by atoms with E-state index in [-0.39, 0.29) is 11.7 Å². The maximum absolute atomic E-state index is 10.7. The van der Waals surface area contributed by atoms with Crippen molar-refractivity contribution < 1.29 is 4.79 Å². The van der Waals surface area contributed by atoms with Gasteiger partial charge in [-0.25, -0.2) is 4.98 Å². The molecule has 1 amide bonds. The zero-order valence-corrected chi connectivity index (χ0v) is 11.2. The fourth-order valence-electron chi connectivity index (χ4n) is 1.33. The number of benzene rings is 1. The maximum Gasteiger partial charge on any atom is 0.227 e. The average Bonchev–Trinajstić information content (AvgIpc) is 2.75. The first-order valence-electron chi connectivity index (χ1n) is 4.87. The van der Waals surface area contributed by atoms with Gasteiger partial charge in [0.2, 0.25) is 5.91 Å². The average molecular weight is 312 g/mol. The van der Waals surface area contributed by atoms with Gasteiger partial charge in [0.15, 0.2) is 5.16 Å². The first kappa shape index (κ1) is 12.2. The number of hydrogen-bond donors (Lipinski definition) is 1. The monoisotopic (exact) mass is 311 g/mol. The van der Waals surface area contributed by atoms with Gasteiger partial charge >= 0.3 is 0 Å². The van der Waals surface area contributed by atoms with Crippen LogP contribution in [-0.2, 0) is 4.79 Å². The van der Waals surface area contributed by atoms with E-state index in [0.29, 0.717) is 0 Å². The third kappa shape index (κ3) is 3.10. The lowest BCUT2D eigenvalue weighted by molar-refractivity contribution is -0.115. The molecule has 1 aromatic heterocycles. The molecule has 17 heavy (non-hydrogen) atoms. The molecule has 0 aliphatic carbocycles. The third-order valence-corrected chi connectivity index (χ3v) is 3.57. The highest BCUT2D eigenvalue weighted by Crippen LogP contribution is 2.21. The van der Waals surface area contributed by atoms with Crippen LogP contribution in [0.3, 0.4) is 0 Å². The predicted molar refractivity (Wildman–Crippen MR) is 71.2 cm³/mol. The van der Waals surface area contributed by atoms with E-state index in [1.165, 1.54) is 11.8 Å². The summed E-state index contributed by atoms with van der Waals surface area (Å²) in [7, 11) is 0. The van der Waals surface area contributed by atoms with Crippen LogP contribution in [0.2, 0.25) is 0 Å². The SMILES string of the molecule is NC(=O)CSc1nccn1-c1ccc(Br)cc1. The molecule has 2 aromatic rings. The standard InChI is InChI=1S/C11H10BrN3OS/c12-8-1-3-9(4-2-8)15-6-5-14-11(15)17-7-10(13)16/h1-6H,7H2,(H2,13,16). The lowest BCUT2D eigenvalue weighted by Gasteiger charge is -2.06. The minimum absolute atomic E-state index is 0.230. The fourth-order valence-corrected chi connectivity index (χ4v) is 2.31. The van der Waals surface area contributed by atoms with Crippen molar-refractivity contribution in [1.82, 2.24) is 9.55 Å². The van der Waals surface area contributed by atoms with Crippen molar-refractivity contribution in [2.45, 2.75) is 5.16 Å². The summed E-state index contributed by atoms with van der Waals surface area (Å²) < 4.78 is 2.94. The van der Waals surface area contributed by atoms with Crippen LogP contribution in [0.25, 0.3) is 5.69 Å². The van der Waals surface area contributed by atoms with E-state index in [2.05, 4.69) is 20.9 Å². The van der Waals surface area contributed by atoms with Crippen molar-refractivity contribution in [1.29, 1.82) is 0 Å². The number of amides is 1. The zero-order valence-electron chi connectivity index (χ0n) is 8.84. The van der Waals surface area contributed by atoms with Crippen molar-refractivity contribution in [2.75, 3.05) is 5.75 Å². The Morgan fingerprint density at radius 2 is 2.12 bits per heavy atom. The third-order valence-electron chi connectivity index (χ3n) is 2.06. The molecule has 0 bridgehead atoms. The Labute approximate surface area is 111 Å². The number of rotatable bonds is 4. The van der Waals surface area contributed by atoms with Gasteiger partial charge in [-0.1, -0.05) is 27.7 Å². The van der Waals surface area contributed by atoms with Crippen LogP contribution in [0.1, 0.15) is 0 Å². The van der Waals surface area contributed by atoms with Crippen molar-refractivity contribution in [2.24, 2.45) is 5.73 Å². The van der Waals surface area contributed by atoms with Crippen LogP contribution in [0.15, 0.2) is 46.3 Å². The van der Waals surface area contributed by atoms with Crippen molar-refractivity contribution in [3.8, 4) is 5.69 Å². The van der Waals surface area contributed by atoms with E-state index in [9.17, 15) is 4.79 Å². The van der Waals surface area contributed by atoms with Crippen LogP contribution in [0.4, 0.5) is 0 Å². The second kappa shape index (κ2) is 5.37. The number of nitrogens with two attached hydrogens (primary N) is 1. The highest BCUT2D eigenvalue weighted by molar-refractivity contribution is 9.10. The van der Waals surface area contributed by atoms with E-state index in [0.717, 1.165) is 15.3 Å². The summed E-state index contributed by atoms with van der Waals surface area (Å²) in [5.41, 5.74) is 6.11. The number of thioether (sulfide) groups is 1. The zero-order chi connectivity index (χ0) is 12.3. The van der Waals surface area contributed by atoms with Gasteiger partial charge in [-0.2, -0.15) is 0 Å². The first-order valence-corrected chi connectivity index (χ1v) is 6.65. The van der Waals surface area contributed by atoms with E-state index >= 15 is 0 Å². The van der Waals surface area contributed by atoms with Gasteiger partial charge in [0.05, 0.1) is 5.75 Å². The first-order chi connectivity index (χ1) is 8.16. The summed E-state index contributed by atoms with van der Waals surface area (Å²) in [6.45, 7) is 0. The van der Waals surface area contributed by atoms with Crippen LogP contribution >= 0.6 is 27.7 Å². The topological polar surface area (TPSA) is 60.9 Å². The number of halogens is 1. The van der Waals surface area contributed by atoms with Gasteiger partial charge in [0, 0.05) is 22.6 Å². The molecule has 0 unspecified atom stereocenters. The molecule has 0 radical (unpaired) electrons. The molecule has 0 spiro atoms. The Balaban J connectivity index is 2.24. The smallest absolute Gasteiger partial charge is 0.227 e. The second-order valence-corrected chi connectivity index (χ2v) is 5.17. The number of imidazole rings is 1. The highest BCUT2D eigenvalue weighted by Gasteiger charge is 2.06. The molecule has 0 saturated carbocycles. The predicted octanol–water partition coefficient (Wildman–Crippen LogP) is 2.21. The quantitative estimate of drug-likeness (QED) is 0.881. The normalized spacial score (nSPS) is 10.4. The molecule has 1 aromatic carbocycles. The molecular weight excluding hydrogens is 302 g/mol.